The van der Waals surface area contributed by atoms with Crippen LogP contribution in [-0.4, -0.2) is 387 Å². The van der Waals surface area contributed by atoms with Crippen molar-refractivity contribution in [2.45, 2.75) is 261 Å². The maximum absolute atomic E-state index is 13.3. The number of carbonyl (C=O) groups is 4. The Balaban J connectivity index is 1.23. The Morgan fingerprint density at radius 2 is 0.979 bits per heavy atom. The Labute approximate surface area is 538 Å². The highest BCUT2D eigenvalue weighted by Crippen LogP contribution is 2.41. The summed E-state index contributed by atoms with van der Waals surface area (Å²) in [6.07, 6.45) is -68.4. The van der Waals surface area contributed by atoms with Gasteiger partial charge in [0, 0.05) is 27.2 Å². The van der Waals surface area contributed by atoms with E-state index >= 15 is 0 Å². The minimum atomic E-state index is -5.54. The van der Waals surface area contributed by atoms with Crippen LogP contribution in [0, 0.1) is 0 Å². The van der Waals surface area contributed by atoms with Crippen molar-refractivity contribution in [1.82, 2.24) is 16.0 Å². The summed E-state index contributed by atoms with van der Waals surface area (Å²) in [5.74, 6) is -8.26. The average Bonchev–Trinajstić information content (AvgIpc) is 0.769. The molecule has 0 unspecified atom stereocenters. The van der Waals surface area contributed by atoms with Gasteiger partial charge in [0.2, 0.25) is 17.7 Å². The van der Waals surface area contributed by atoms with E-state index in [1.54, 1.807) is 0 Å². The van der Waals surface area contributed by atoms with E-state index < -0.39 is 294 Å². The fourth-order valence-electron chi connectivity index (χ4n) is 11.8. The highest BCUT2D eigenvalue weighted by Gasteiger charge is 2.62. The third-order valence-electron chi connectivity index (χ3n) is 16.8. The van der Waals surface area contributed by atoms with Gasteiger partial charge in [0.25, 0.3) is 5.79 Å². The quantitative estimate of drug-likeness (QED) is 0.0377. The molecule has 95 heavy (non-hydrogen) atoms. The Hall–Kier alpha value is -3.49. The fourth-order valence-corrected chi connectivity index (χ4v) is 12.1. The van der Waals surface area contributed by atoms with Gasteiger partial charge in [-0.2, -0.15) is 8.42 Å². The zero-order valence-electron chi connectivity index (χ0n) is 51.0. The molecule has 3 amide bonds. The molecule has 36 atom stereocenters. The predicted molar refractivity (Wildman–Crippen MR) is 291 cm³/mol. The van der Waals surface area contributed by atoms with Gasteiger partial charge in [0.15, 0.2) is 37.7 Å². The van der Waals surface area contributed by atoms with E-state index in [1.807, 2.05) is 0 Å². The number of aliphatic hydroxyl groups excluding tert-OH is 18. The maximum atomic E-state index is 13.3. The molecule has 23 N–H and O–H groups in total. The SMILES string of the molecule is CC(=O)N[C@@H]1[C@@H](O[C@@H]2O[C@H](CO)[C@H](O)[C@H](O[C@]3(C(=O)O)C[C@H](O)[C@@H](NC(C)=O)[C@H]([C@H](O)[C@H](O)CO)O3)[C@H]2O)[C@@H](O)[C@@H](CO[C@@H]2O[C@H](COS(=O)(=O)O)[C@@H](O[C@@H]3O[C@H](CO)[C@H](O)[C@H](O)[C@H]3O[C@@H]3O[C@@H](C)[C@@H](O)[C@@H](O)[C@@H]3O)[C@H](O[C@@H]3O[C@@H](C)[C@@H](O)[C@@H](O)[C@@H]3O)[C@H]2NC(C)=O)O[C@@H]1O. The van der Waals surface area contributed by atoms with E-state index in [0.717, 1.165) is 20.8 Å². The summed E-state index contributed by atoms with van der Waals surface area (Å²) < 4.78 is 115. The summed E-state index contributed by atoms with van der Waals surface area (Å²) >= 11 is 0. The lowest BCUT2D eigenvalue weighted by Crippen LogP contribution is -2.71. The van der Waals surface area contributed by atoms with E-state index in [9.17, 15) is 129 Å². The van der Waals surface area contributed by atoms with Gasteiger partial charge < -0.3 is 175 Å². The molecule has 0 aromatic carbocycles. The van der Waals surface area contributed by atoms with Crippen molar-refractivity contribution in [3.05, 3.63) is 0 Å². The van der Waals surface area contributed by atoms with Crippen LogP contribution in [0.1, 0.15) is 41.0 Å². The lowest BCUT2D eigenvalue weighted by Gasteiger charge is -2.51. The molecular weight excluding hydrogens is 1330 g/mol. The molecule has 0 radical (unpaired) electrons. The van der Waals surface area contributed by atoms with Crippen molar-refractivity contribution < 1.29 is 195 Å². The average molecular weight is 1410 g/mol. The van der Waals surface area contributed by atoms with Crippen LogP contribution >= 0.6 is 0 Å². The summed E-state index contributed by atoms with van der Waals surface area (Å²) in [5.41, 5.74) is 0. The molecule has 0 saturated carbocycles. The summed E-state index contributed by atoms with van der Waals surface area (Å²) in [6, 6.07) is -5.68. The van der Waals surface area contributed by atoms with Crippen molar-refractivity contribution in [3.63, 3.8) is 0 Å². The number of rotatable bonds is 25. The standard InChI is InChI=1S/C51H85N3O40S/c1-12-26(63)32(69)35(72)46(83-12)91-41-25(54-16(5)60)45(88-22(11-82-95(78,79)80)38(41)89-49-43(34(71)29(66)19(8-56)87-49)92-47-36(73)33(70)27(64)13(2)84-47)81-10-21-31(68)39(24(44(75)85-21)53-15(4)59)90-48-37(74)42(30(67)20(9-57)86-48)94-51(50(76)77)6-17(61)23(52-14(3)58)40(93-51)28(65)18(62)7-55/h12-13,17-49,55-57,61-75H,6-11H2,1-5H3,(H,52,58)(H,53,59)(H,54,60)(H,76,77)(H,78,79,80)/t12-,13-,17-,18+,19+,20+,21+,22+,23+,24+,25+,26+,27+,28+,29-,30-,31-,32+,33+,34-,35-,36-,37+,38+,39+,40+,41+,42-,43+,44-,45+,46-,47-,48-,49-,51-/m0/s1. The molecule has 7 saturated heterocycles. The van der Waals surface area contributed by atoms with Crippen molar-refractivity contribution in [2.75, 3.05) is 33.0 Å². The number of aliphatic hydroxyl groups is 18. The number of hydrogen-bond donors (Lipinski definition) is 23. The molecule has 7 rings (SSSR count). The molecular formula is C51H85N3O40S. The monoisotopic (exact) mass is 1410 g/mol. The number of carboxylic acids is 1. The third kappa shape index (κ3) is 18.0. The second kappa shape index (κ2) is 32.9. The molecule has 7 fully saturated rings. The van der Waals surface area contributed by atoms with Crippen LogP contribution in [0.2, 0.25) is 0 Å². The van der Waals surface area contributed by atoms with Gasteiger partial charge in [-0.15, -0.1) is 0 Å². The molecule has 7 heterocycles. The first-order chi connectivity index (χ1) is 44.4. The van der Waals surface area contributed by atoms with Gasteiger partial charge in [-0.25, -0.2) is 8.98 Å². The van der Waals surface area contributed by atoms with Crippen LogP contribution in [0.5, 0.6) is 0 Å². The first-order valence-corrected chi connectivity index (χ1v) is 31.0. The minimum Gasteiger partial charge on any atom is -0.477 e. The summed E-state index contributed by atoms with van der Waals surface area (Å²) in [4.78, 5) is 51.3. The van der Waals surface area contributed by atoms with Gasteiger partial charge in [0.1, 0.15) is 152 Å². The van der Waals surface area contributed by atoms with Gasteiger partial charge in [-0.1, -0.05) is 0 Å². The van der Waals surface area contributed by atoms with Crippen molar-refractivity contribution >= 4 is 34.1 Å². The van der Waals surface area contributed by atoms with Gasteiger partial charge in [-0.3, -0.25) is 18.9 Å². The summed E-state index contributed by atoms with van der Waals surface area (Å²) in [7, 11) is -5.54. The zero-order chi connectivity index (χ0) is 70.8. The smallest absolute Gasteiger partial charge is 0.397 e. The number of nitrogens with one attached hydrogen (secondary N) is 3. The Morgan fingerprint density at radius 3 is 1.51 bits per heavy atom. The van der Waals surface area contributed by atoms with E-state index in [0.29, 0.717) is 0 Å². The molecule has 0 spiro atoms. The van der Waals surface area contributed by atoms with Gasteiger partial charge in [0.05, 0.1) is 57.4 Å². The Bertz CT molecular complexity index is 2650. The van der Waals surface area contributed by atoms with E-state index in [4.69, 9.17) is 65.8 Å². The van der Waals surface area contributed by atoms with Gasteiger partial charge >= 0.3 is 16.4 Å². The van der Waals surface area contributed by atoms with Crippen LogP contribution < -0.4 is 16.0 Å². The fraction of sp³-hybridized carbons (Fsp3) is 0.922. The predicted octanol–water partition coefficient (Wildman–Crippen LogP) is -14.8. The molecule has 43 nitrogen and oxygen atoms in total. The second-order valence-electron chi connectivity index (χ2n) is 23.7. The molecule has 0 aromatic heterocycles. The largest absolute Gasteiger partial charge is 0.477 e. The highest BCUT2D eigenvalue weighted by molar-refractivity contribution is 7.80. The maximum Gasteiger partial charge on any atom is 0.397 e. The number of amides is 3. The molecule has 0 aliphatic carbocycles. The number of carbonyl (C=O) groups excluding carboxylic acids is 3. The number of hydrogen-bond acceptors (Lipinski definition) is 38. The molecule has 7 aliphatic rings. The Kier molecular flexibility index (Phi) is 27.3. The van der Waals surface area contributed by atoms with E-state index in [1.165, 1.54) is 13.8 Å². The van der Waals surface area contributed by atoms with Crippen LogP contribution in [-0.2, 0) is 95.3 Å². The van der Waals surface area contributed by atoms with Crippen LogP contribution in [0.25, 0.3) is 0 Å². The van der Waals surface area contributed by atoms with E-state index in [2.05, 4.69) is 16.0 Å². The minimum absolute atomic E-state index is 0.865. The topological polar surface area (TPSA) is 672 Å². The third-order valence-corrected chi connectivity index (χ3v) is 17.3. The molecule has 44 heteroatoms. The lowest BCUT2D eigenvalue weighted by atomic mass is 9.88. The number of carboxylic acid groups (broad SMARTS) is 1. The normalized spacial score (nSPS) is 46.6. The molecule has 7 aliphatic heterocycles. The summed E-state index contributed by atoms with van der Waals surface area (Å²) in [6.45, 7) is -0.816. The lowest BCUT2D eigenvalue weighted by molar-refractivity contribution is -0.394. The van der Waals surface area contributed by atoms with Crippen molar-refractivity contribution in [2.24, 2.45) is 0 Å². The summed E-state index contributed by atoms with van der Waals surface area (Å²) in [5, 5.41) is 215. The van der Waals surface area contributed by atoms with Crippen LogP contribution in [0.3, 0.4) is 0 Å². The van der Waals surface area contributed by atoms with Gasteiger partial charge in [-0.05, 0) is 13.8 Å². The second-order valence-corrected chi connectivity index (χ2v) is 24.8. The van der Waals surface area contributed by atoms with Crippen molar-refractivity contribution in [3.8, 4) is 0 Å². The molecule has 0 aromatic rings. The number of aliphatic carboxylic acids is 1. The van der Waals surface area contributed by atoms with Crippen LogP contribution in [0.4, 0.5) is 0 Å². The first kappa shape index (κ1) is 78.8. The molecule has 0 bridgehead atoms. The number of ether oxygens (including phenoxy) is 13. The highest BCUT2D eigenvalue weighted by atomic mass is 32.3. The van der Waals surface area contributed by atoms with E-state index in [-0.39, 0.29) is 0 Å². The van der Waals surface area contributed by atoms with Crippen LogP contribution in [0.15, 0.2) is 0 Å². The zero-order valence-corrected chi connectivity index (χ0v) is 51.8. The molecule has 550 valence electrons. The van der Waals surface area contributed by atoms with Crippen molar-refractivity contribution in [1.29, 1.82) is 0 Å². The first-order valence-electron chi connectivity index (χ1n) is 29.6. The Morgan fingerprint density at radius 1 is 0.505 bits per heavy atom.